The molecule has 1 heterocycles. The highest BCUT2D eigenvalue weighted by molar-refractivity contribution is 5.65. The Balaban J connectivity index is 1.84. The Morgan fingerprint density at radius 2 is 1.04 bits per heavy atom. The Morgan fingerprint density at radius 3 is 1.46 bits per heavy atom. The van der Waals surface area contributed by atoms with Crippen molar-refractivity contribution in [2.24, 2.45) is 0 Å². The van der Waals surface area contributed by atoms with Crippen LogP contribution < -0.4 is 0 Å². The van der Waals surface area contributed by atoms with Gasteiger partial charge in [-0.2, -0.15) is 0 Å². The van der Waals surface area contributed by atoms with Crippen LogP contribution in [0.15, 0.2) is 60.9 Å². The van der Waals surface area contributed by atoms with Crippen LogP contribution in [0, 0.1) is 20.2 Å². The summed E-state index contributed by atoms with van der Waals surface area (Å²) < 4.78 is 0. The molecule has 0 fully saturated rings. The number of nitro groups is 2. The van der Waals surface area contributed by atoms with Crippen LogP contribution in [-0.4, -0.2) is 19.8 Å². The van der Waals surface area contributed by atoms with Crippen molar-refractivity contribution in [3.63, 3.8) is 0 Å². The van der Waals surface area contributed by atoms with Crippen molar-refractivity contribution < 1.29 is 9.85 Å². The van der Waals surface area contributed by atoms with Crippen molar-refractivity contribution in [3.8, 4) is 22.5 Å². The first kappa shape index (κ1) is 15.2. The Bertz CT molecular complexity index is 814. The first-order valence-electron chi connectivity index (χ1n) is 6.86. The fourth-order valence-electron chi connectivity index (χ4n) is 2.13. The van der Waals surface area contributed by atoms with Crippen molar-refractivity contribution in [2.75, 3.05) is 0 Å². The van der Waals surface area contributed by atoms with Crippen LogP contribution in [-0.2, 0) is 0 Å². The Hall–Kier alpha value is -3.68. The number of benzene rings is 2. The zero-order valence-corrected chi connectivity index (χ0v) is 12.2. The highest BCUT2D eigenvalue weighted by Gasteiger charge is 2.08. The van der Waals surface area contributed by atoms with E-state index in [0.717, 1.165) is 11.1 Å². The highest BCUT2D eigenvalue weighted by atomic mass is 16.6. The van der Waals surface area contributed by atoms with E-state index in [2.05, 4.69) is 9.97 Å². The van der Waals surface area contributed by atoms with Gasteiger partial charge < -0.3 is 0 Å². The molecule has 0 spiro atoms. The second-order valence-electron chi connectivity index (χ2n) is 4.90. The van der Waals surface area contributed by atoms with Gasteiger partial charge in [0.2, 0.25) is 0 Å². The number of hydrogen-bond acceptors (Lipinski definition) is 6. The number of nitrogens with zero attached hydrogens (tertiary/aromatic N) is 4. The van der Waals surface area contributed by atoms with E-state index >= 15 is 0 Å². The van der Waals surface area contributed by atoms with Gasteiger partial charge in [-0.3, -0.25) is 20.2 Å². The molecule has 0 saturated heterocycles. The average Bonchev–Trinajstić information content (AvgIpc) is 2.62. The second kappa shape index (κ2) is 6.21. The molecular weight excluding hydrogens is 312 g/mol. The molecule has 0 aliphatic carbocycles. The minimum Gasteiger partial charge on any atom is -0.258 e. The predicted octanol–water partition coefficient (Wildman–Crippen LogP) is 3.63. The smallest absolute Gasteiger partial charge is 0.258 e. The van der Waals surface area contributed by atoms with Crippen LogP contribution in [0.2, 0.25) is 0 Å². The minimum absolute atomic E-state index is 0.00116. The van der Waals surface area contributed by atoms with Crippen molar-refractivity contribution in [1.29, 1.82) is 0 Å². The predicted molar refractivity (Wildman–Crippen MR) is 86.2 cm³/mol. The summed E-state index contributed by atoms with van der Waals surface area (Å²) in [5.41, 5.74) is 2.16. The van der Waals surface area contributed by atoms with Crippen LogP contribution in [0.3, 0.4) is 0 Å². The van der Waals surface area contributed by atoms with E-state index < -0.39 is 9.85 Å². The zero-order valence-electron chi connectivity index (χ0n) is 12.2. The van der Waals surface area contributed by atoms with Gasteiger partial charge in [-0.05, 0) is 29.8 Å². The summed E-state index contributed by atoms with van der Waals surface area (Å²) in [4.78, 5) is 28.9. The number of nitro benzene ring substituents is 2. The molecule has 8 nitrogen and oxygen atoms in total. The van der Waals surface area contributed by atoms with E-state index in [1.54, 1.807) is 36.7 Å². The molecule has 8 heteroatoms. The molecule has 0 aliphatic rings. The fourth-order valence-corrected chi connectivity index (χ4v) is 2.13. The lowest BCUT2D eigenvalue weighted by Gasteiger charge is -2.03. The normalized spacial score (nSPS) is 10.3. The van der Waals surface area contributed by atoms with E-state index in [0.29, 0.717) is 11.4 Å². The van der Waals surface area contributed by atoms with E-state index in [-0.39, 0.29) is 11.4 Å². The van der Waals surface area contributed by atoms with Gasteiger partial charge in [-0.1, -0.05) is 0 Å². The SMILES string of the molecule is O=[N+]([O-])c1ccc(-c2cnc(-c3ccc([N+](=O)[O-])cc3)nc2)cc1. The van der Waals surface area contributed by atoms with Gasteiger partial charge in [0.15, 0.2) is 5.82 Å². The minimum atomic E-state index is -0.470. The molecule has 2 aromatic carbocycles. The van der Waals surface area contributed by atoms with Crippen LogP contribution in [0.25, 0.3) is 22.5 Å². The average molecular weight is 322 g/mol. The van der Waals surface area contributed by atoms with Crippen molar-refractivity contribution in [2.45, 2.75) is 0 Å². The second-order valence-corrected chi connectivity index (χ2v) is 4.90. The molecule has 118 valence electrons. The van der Waals surface area contributed by atoms with Crippen LogP contribution in [0.4, 0.5) is 11.4 Å². The van der Waals surface area contributed by atoms with Gasteiger partial charge in [0.25, 0.3) is 11.4 Å². The van der Waals surface area contributed by atoms with Gasteiger partial charge in [-0.15, -0.1) is 0 Å². The van der Waals surface area contributed by atoms with Crippen molar-refractivity contribution >= 4 is 11.4 Å². The molecule has 0 atom stereocenters. The first-order valence-corrected chi connectivity index (χ1v) is 6.86. The third-order valence-corrected chi connectivity index (χ3v) is 3.40. The lowest BCUT2D eigenvalue weighted by molar-refractivity contribution is -0.385. The molecular formula is C16H10N4O4. The third kappa shape index (κ3) is 3.07. The summed E-state index contributed by atoms with van der Waals surface area (Å²) in [6, 6.07) is 12.0. The lowest BCUT2D eigenvalue weighted by Crippen LogP contribution is -1.92. The molecule has 0 amide bonds. The summed E-state index contributed by atoms with van der Waals surface area (Å²) in [7, 11) is 0. The summed E-state index contributed by atoms with van der Waals surface area (Å²) >= 11 is 0. The fraction of sp³-hybridized carbons (Fsp3) is 0. The van der Waals surface area contributed by atoms with Crippen molar-refractivity contribution in [1.82, 2.24) is 9.97 Å². The van der Waals surface area contributed by atoms with Gasteiger partial charge >= 0.3 is 0 Å². The molecule has 24 heavy (non-hydrogen) atoms. The largest absolute Gasteiger partial charge is 0.269 e. The lowest BCUT2D eigenvalue weighted by atomic mass is 10.1. The van der Waals surface area contributed by atoms with Gasteiger partial charge in [0, 0.05) is 47.8 Å². The van der Waals surface area contributed by atoms with Crippen LogP contribution in [0.1, 0.15) is 0 Å². The molecule has 0 saturated carbocycles. The molecule has 1 aromatic heterocycles. The van der Waals surface area contributed by atoms with Crippen molar-refractivity contribution in [3.05, 3.63) is 81.2 Å². The Kier molecular flexibility index (Phi) is 3.94. The topological polar surface area (TPSA) is 112 Å². The number of non-ortho nitro benzene ring substituents is 2. The Labute approximate surface area is 135 Å². The maximum absolute atomic E-state index is 10.7. The van der Waals surface area contributed by atoms with E-state index in [4.69, 9.17) is 0 Å². The summed E-state index contributed by atoms with van der Waals surface area (Å²) in [5.74, 6) is 0.440. The summed E-state index contributed by atoms with van der Waals surface area (Å²) in [6.45, 7) is 0. The van der Waals surface area contributed by atoms with Crippen LogP contribution >= 0.6 is 0 Å². The summed E-state index contributed by atoms with van der Waals surface area (Å²) in [6.07, 6.45) is 3.20. The van der Waals surface area contributed by atoms with E-state index in [1.807, 2.05) is 0 Å². The zero-order chi connectivity index (χ0) is 17.1. The first-order chi connectivity index (χ1) is 11.5. The molecule has 0 N–H and O–H groups in total. The Morgan fingerprint density at radius 1 is 0.625 bits per heavy atom. The summed E-state index contributed by atoms with van der Waals surface area (Å²) in [5, 5.41) is 21.3. The maximum Gasteiger partial charge on any atom is 0.269 e. The number of rotatable bonds is 4. The van der Waals surface area contributed by atoms with E-state index in [9.17, 15) is 20.2 Å². The quantitative estimate of drug-likeness (QED) is 0.535. The number of hydrogen-bond donors (Lipinski definition) is 0. The standard InChI is InChI=1S/C16H10N4O4/c21-19(22)14-5-1-11(2-6-14)13-9-17-16(18-10-13)12-3-7-15(8-4-12)20(23)24/h1-10H. The van der Waals surface area contributed by atoms with E-state index in [1.165, 1.54) is 24.3 Å². The number of aromatic nitrogens is 2. The van der Waals surface area contributed by atoms with Gasteiger partial charge in [0.1, 0.15) is 0 Å². The van der Waals surface area contributed by atoms with Crippen LogP contribution in [0.5, 0.6) is 0 Å². The molecule has 0 radical (unpaired) electrons. The van der Waals surface area contributed by atoms with Gasteiger partial charge in [0.05, 0.1) is 9.85 Å². The monoisotopic (exact) mass is 322 g/mol. The molecule has 0 unspecified atom stereocenters. The molecule has 3 aromatic rings. The maximum atomic E-state index is 10.7. The third-order valence-electron chi connectivity index (χ3n) is 3.40. The van der Waals surface area contributed by atoms with Gasteiger partial charge in [-0.25, -0.2) is 9.97 Å². The molecule has 3 rings (SSSR count). The highest BCUT2D eigenvalue weighted by Crippen LogP contribution is 2.23. The molecule has 0 bridgehead atoms. The molecule has 0 aliphatic heterocycles.